The Morgan fingerprint density at radius 3 is 2.30 bits per heavy atom. The van der Waals surface area contributed by atoms with E-state index in [1.165, 1.54) is 0 Å². The molecule has 0 aromatic heterocycles. The van der Waals surface area contributed by atoms with E-state index in [-0.39, 0.29) is 0 Å². The molecule has 1 aromatic carbocycles. The zero-order valence-electron chi connectivity index (χ0n) is 13.0. The number of hydrogen-bond donors (Lipinski definition) is 2. The van der Waals surface area contributed by atoms with Crippen molar-refractivity contribution in [1.82, 2.24) is 0 Å². The number of carbonyl (C=O) groups excluding carboxylic acids is 1. The molecule has 0 aliphatic rings. The fourth-order valence-electron chi connectivity index (χ4n) is 2.52. The summed E-state index contributed by atoms with van der Waals surface area (Å²) in [5, 5.41) is 0. The molecule has 0 aliphatic carbocycles. The van der Waals surface area contributed by atoms with Crippen LogP contribution in [0.25, 0.3) is 0 Å². The topological polar surface area (TPSA) is 72.3 Å². The molecule has 20 heavy (non-hydrogen) atoms. The molecule has 4 nitrogen and oxygen atoms in total. The summed E-state index contributed by atoms with van der Waals surface area (Å²) in [6.07, 6.45) is 2.14. The van der Waals surface area contributed by atoms with Gasteiger partial charge in [-0.2, -0.15) is 0 Å². The minimum atomic E-state index is -0.474. The zero-order valence-corrected chi connectivity index (χ0v) is 13.0. The van der Waals surface area contributed by atoms with Gasteiger partial charge in [-0.15, -0.1) is 0 Å². The lowest BCUT2D eigenvalue weighted by Gasteiger charge is -2.34. The van der Waals surface area contributed by atoms with Gasteiger partial charge in [-0.25, -0.2) is 0 Å². The molecular formula is C16H27N3O. The summed E-state index contributed by atoms with van der Waals surface area (Å²) in [6, 6.07) is 6.02. The Morgan fingerprint density at radius 1 is 1.25 bits per heavy atom. The zero-order chi connectivity index (χ0) is 15.3. The van der Waals surface area contributed by atoms with Gasteiger partial charge in [0.15, 0.2) is 0 Å². The average molecular weight is 277 g/mol. The second-order valence-corrected chi connectivity index (χ2v) is 5.65. The van der Waals surface area contributed by atoms with E-state index in [1.807, 2.05) is 12.1 Å². The van der Waals surface area contributed by atoms with Crippen molar-refractivity contribution in [3.63, 3.8) is 0 Å². The molecule has 0 radical (unpaired) electrons. The van der Waals surface area contributed by atoms with Gasteiger partial charge >= 0.3 is 0 Å². The van der Waals surface area contributed by atoms with E-state index < -0.39 is 5.91 Å². The maximum absolute atomic E-state index is 11.5. The SMILES string of the molecule is CCC(CC)N(CC(C)C)c1ccc(N)c(C(N)=O)c1. The molecule has 1 rings (SSSR count). The number of anilines is 2. The largest absolute Gasteiger partial charge is 0.398 e. The maximum atomic E-state index is 11.5. The van der Waals surface area contributed by atoms with Crippen LogP contribution in [0.3, 0.4) is 0 Å². The fraction of sp³-hybridized carbons (Fsp3) is 0.562. The molecule has 1 amide bonds. The first-order valence-electron chi connectivity index (χ1n) is 7.36. The highest BCUT2D eigenvalue weighted by Gasteiger charge is 2.18. The van der Waals surface area contributed by atoms with Crippen molar-refractivity contribution in [1.29, 1.82) is 0 Å². The van der Waals surface area contributed by atoms with E-state index in [4.69, 9.17) is 11.5 Å². The number of nitrogens with zero attached hydrogens (tertiary/aromatic N) is 1. The number of benzene rings is 1. The minimum absolute atomic E-state index is 0.405. The van der Waals surface area contributed by atoms with Crippen LogP contribution in [-0.2, 0) is 0 Å². The molecule has 0 aliphatic heterocycles. The van der Waals surface area contributed by atoms with Crippen LogP contribution in [0.5, 0.6) is 0 Å². The minimum Gasteiger partial charge on any atom is -0.398 e. The van der Waals surface area contributed by atoms with Crippen molar-refractivity contribution in [2.24, 2.45) is 11.7 Å². The van der Waals surface area contributed by atoms with Gasteiger partial charge < -0.3 is 16.4 Å². The molecule has 112 valence electrons. The van der Waals surface area contributed by atoms with E-state index in [0.717, 1.165) is 25.1 Å². The van der Waals surface area contributed by atoms with E-state index in [9.17, 15) is 4.79 Å². The summed E-state index contributed by atoms with van der Waals surface area (Å²) in [4.78, 5) is 13.8. The van der Waals surface area contributed by atoms with Crippen molar-refractivity contribution < 1.29 is 4.79 Å². The summed E-state index contributed by atoms with van der Waals surface area (Å²) in [6.45, 7) is 9.72. The van der Waals surface area contributed by atoms with Crippen molar-refractivity contribution in [3.8, 4) is 0 Å². The summed E-state index contributed by atoms with van der Waals surface area (Å²) in [7, 11) is 0. The number of hydrogen-bond acceptors (Lipinski definition) is 3. The lowest BCUT2D eigenvalue weighted by Crippen LogP contribution is -2.37. The van der Waals surface area contributed by atoms with Crippen LogP contribution in [0, 0.1) is 5.92 Å². The number of carbonyl (C=O) groups is 1. The molecule has 0 atom stereocenters. The van der Waals surface area contributed by atoms with Crippen molar-refractivity contribution in [3.05, 3.63) is 23.8 Å². The van der Waals surface area contributed by atoms with E-state index in [1.54, 1.807) is 6.07 Å². The van der Waals surface area contributed by atoms with Crippen LogP contribution < -0.4 is 16.4 Å². The molecule has 4 heteroatoms. The number of primary amides is 1. The molecule has 0 saturated carbocycles. The first kappa shape index (κ1) is 16.3. The van der Waals surface area contributed by atoms with Gasteiger partial charge in [-0.3, -0.25) is 4.79 Å². The van der Waals surface area contributed by atoms with Gasteiger partial charge in [0.2, 0.25) is 0 Å². The van der Waals surface area contributed by atoms with Crippen molar-refractivity contribution >= 4 is 17.3 Å². The highest BCUT2D eigenvalue weighted by atomic mass is 16.1. The number of nitrogens with two attached hydrogens (primary N) is 2. The molecule has 0 unspecified atom stereocenters. The standard InChI is InChI=1S/C16H27N3O/c1-5-12(6-2)19(10-11(3)4)13-7-8-15(17)14(9-13)16(18)20/h7-9,11-12H,5-6,10,17H2,1-4H3,(H2,18,20). The van der Waals surface area contributed by atoms with Crippen LogP contribution in [0.1, 0.15) is 50.9 Å². The first-order valence-corrected chi connectivity index (χ1v) is 7.36. The Bertz CT molecular complexity index is 453. The number of nitrogen functional groups attached to an aromatic ring is 1. The van der Waals surface area contributed by atoms with Gasteiger partial charge in [-0.1, -0.05) is 27.7 Å². The van der Waals surface area contributed by atoms with Gasteiger partial charge in [-0.05, 0) is 37.0 Å². The summed E-state index contributed by atoms with van der Waals surface area (Å²) in [5.74, 6) is 0.0728. The Hall–Kier alpha value is -1.71. The van der Waals surface area contributed by atoms with Crippen LogP contribution in [0.2, 0.25) is 0 Å². The Morgan fingerprint density at radius 2 is 1.85 bits per heavy atom. The lowest BCUT2D eigenvalue weighted by molar-refractivity contribution is 0.100. The van der Waals surface area contributed by atoms with E-state index in [0.29, 0.717) is 23.2 Å². The normalized spacial score (nSPS) is 11.1. The molecule has 0 spiro atoms. The van der Waals surface area contributed by atoms with Gasteiger partial charge in [0.25, 0.3) is 5.91 Å². The Labute approximate surface area is 122 Å². The Balaban J connectivity index is 3.19. The third-order valence-corrected chi connectivity index (χ3v) is 3.58. The molecule has 0 saturated heterocycles. The molecule has 1 aromatic rings. The highest BCUT2D eigenvalue weighted by molar-refractivity contribution is 5.99. The predicted molar refractivity (Wildman–Crippen MR) is 85.9 cm³/mol. The van der Waals surface area contributed by atoms with Crippen LogP contribution in [0.15, 0.2) is 18.2 Å². The molecular weight excluding hydrogens is 250 g/mol. The third-order valence-electron chi connectivity index (χ3n) is 3.58. The van der Waals surface area contributed by atoms with Crippen LogP contribution in [-0.4, -0.2) is 18.5 Å². The first-order chi connectivity index (χ1) is 9.40. The average Bonchev–Trinajstić information content (AvgIpc) is 2.38. The second kappa shape index (κ2) is 7.17. The summed E-state index contributed by atoms with van der Waals surface area (Å²) >= 11 is 0. The van der Waals surface area contributed by atoms with E-state index >= 15 is 0 Å². The third kappa shape index (κ3) is 3.89. The van der Waals surface area contributed by atoms with Crippen molar-refractivity contribution in [2.75, 3.05) is 17.2 Å². The van der Waals surface area contributed by atoms with Crippen LogP contribution >= 0.6 is 0 Å². The lowest BCUT2D eigenvalue weighted by atomic mass is 10.0. The highest BCUT2D eigenvalue weighted by Crippen LogP contribution is 2.25. The predicted octanol–water partition coefficient (Wildman–Crippen LogP) is 3.02. The monoisotopic (exact) mass is 277 g/mol. The van der Waals surface area contributed by atoms with Crippen LogP contribution in [0.4, 0.5) is 11.4 Å². The fourth-order valence-corrected chi connectivity index (χ4v) is 2.52. The van der Waals surface area contributed by atoms with E-state index in [2.05, 4.69) is 32.6 Å². The molecule has 0 bridgehead atoms. The van der Waals surface area contributed by atoms with Gasteiger partial charge in [0.05, 0.1) is 5.56 Å². The van der Waals surface area contributed by atoms with Crippen molar-refractivity contribution in [2.45, 2.75) is 46.6 Å². The second-order valence-electron chi connectivity index (χ2n) is 5.65. The Kier molecular flexibility index (Phi) is 5.86. The quantitative estimate of drug-likeness (QED) is 0.752. The molecule has 0 fully saturated rings. The molecule has 4 N–H and O–H groups in total. The van der Waals surface area contributed by atoms with Gasteiger partial charge in [0.1, 0.15) is 0 Å². The molecule has 0 heterocycles. The summed E-state index contributed by atoms with van der Waals surface area (Å²) < 4.78 is 0. The maximum Gasteiger partial charge on any atom is 0.250 e. The smallest absolute Gasteiger partial charge is 0.250 e. The number of rotatable bonds is 7. The van der Waals surface area contributed by atoms with Gasteiger partial charge in [0, 0.05) is 24.0 Å². The number of amides is 1. The summed E-state index contributed by atoms with van der Waals surface area (Å²) in [5.41, 5.74) is 13.1.